The highest BCUT2D eigenvalue weighted by Gasteiger charge is 2.12. The second-order valence-corrected chi connectivity index (χ2v) is 6.46. The molecular formula is C20H23ClN2O2. The lowest BCUT2D eigenvalue weighted by atomic mass is 10.1. The van der Waals surface area contributed by atoms with Crippen LogP contribution in [0.5, 0.6) is 0 Å². The van der Waals surface area contributed by atoms with Gasteiger partial charge in [-0.3, -0.25) is 9.59 Å². The Bertz CT molecular complexity index is 729. The van der Waals surface area contributed by atoms with E-state index in [0.717, 1.165) is 16.7 Å². The van der Waals surface area contributed by atoms with Crippen molar-refractivity contribution in [3.8, 4) is 0 Å². The highest BCUT2D eigenvalue weighted by Crippen LogP contribution is 2.11. The van der Waals surface area contributed by atoms with E-state index < -0.39 is 0 Å². The molecule has 0 aliphatic heterocycles. The van der Waals surface area contributed by atoms with Gasteiger partial charge in [0, 0.05) is 38.0 Å². The molecule has 2 aromatic carbocycles. The number of halogens is 1. The Morgan fingerprint density at radius 2 is 1.76 bits per heavy atom. The van der Waals surface area contributed by atoms with Crippen molar-refractivity contribution in [3.63, 3.8) is 0 Å². The quantitative estimate of drug-likeness (QED) is 0.820. The molecule has 0 radical (unpaired) electrons. The van der Waals surface area contributed by atoms with Gasteiger partial charge in [0.05, 0.1) is 0 Å². The minimum Gasteiger partial charge on any atom is -0.352 e. The van der Waals surface area contributed by atoms with Crippen molar-refractivity contribution < 1.29 is 9.59 Å². The third-order valence-corrected chi connectivity index (χ3v) is 4.33. The Morgan fingerprint density at radius 1 is 1.08 bits per heavy atom. The Kier molecular flexibility index (Phi) is 7.02. The average molecular weight is 359 g/mol. The Labute approximate surface area is 153 Å². The zero-order valence-electron chi connectivity index (χ0n) is 14.6. The van der Waals surface area contributed by atoms with Crippen molar-refractivity contribution >= 4 is 23.4 Å². The van der Waals surface area contributed by atoms with Crippen molar-refractivity contribution in [2.24, 2.45) is 0 Å². The van der Waals surface area contributed by atoms with Crippen LogP contribution in [0.1, 0.15) is 30.0 Å². The topological polar surface area (TPSA) is 49.4 Å². The number of benzene rings is 2. The SMILES string of the molecule is CC(=O)N(CCC(=O)NCc1ccc(Cl)cc1)Cc1ccccc1C. The molecule has 0 aliphatic rings. The summed E-state index contributed by atoms with van der Waals surface area (Å²) in [5.74, 6) is -0.111. The van der Waals surface area contributed by atoms with E-state index in [1.165, 1.54) is 6.92 Å². The lowest BCUT2D eigenvalue weighted by Gasteiger charge is -2.22. The van der Waals surface area contributed by atoms with Gasteiger partial charge in [-0.15, -0.1) is 0 Å². The monoisotopic (exact) mass is 358 g/mol. The maximum Gasteiger partial charge on any atom is 0.222 e. The molecule has 2 amide bonds. The van der Waals surface area contributed by atoms with Crippen LogP contribution < -0.4 is 5.32 Å². The van der Waals surface area contributed by atoms with Crippen molar-refractivity contribution in [1.29, 1.82) is 0 Å². The van der Waals surface area contributed by atoms with Gasteiger partial charge in [-0.25, -0.2) is 0 Å². The van der Waals surface area contributed by atoms with E-state index in [9.17, 15) is 9.59 Å². The second kappa shape index (κ2) is 9.23. The number of hydrogen-bond acceptors (Lipinski definition) is 2. The van der Waals surface area contributed by atoms with Gasteiger partial charge in [0.1, 0.15) is 0 Å². The molecule has 0 spiro atoms. The van der Waals surface area contributed by atoms with Gasteiger partial charge in [0.2, 0.25) is 11.8 Å². The molecule has 0 heterocycles. The van der Waals surface area contributed by atoms with Crippen molar-refractivity contribution in [2.75, 3.05) is 6.54 Å². The number of carbonyl (C=O) groups excluding carboxylic acids is 2. The first kappa shape index (κ1) is 19.0. The molecule has 25 heavy (non-hydrogen) atoms. The van der Waals surface area contributed by atoms with Gasteiger partial charge in [0.25, 0.3) is 0 Å². The van der Waals surface area contributed by atoms with Crippen LogP contribution in [-0.4, -0.2) is 23.3 Å². The summed E-state index contributed by atoms with van der Waals surface area (Å²) in [6.07, 6.45) is 0.277. The summed E-state index contributed by atoms with van der Waals surface area (Å²) < 4.78 is 0. The normalized spacial score (nSPS) is 10.4. The highest BCUT2D eigenvalue weighted by atomic mass is 35.5. The number of amides is 2. The van der Waals surface area contributed by atoms with Crippen molar-refractivity contribution in [1.82, 2.24) is 10.2 Å². The van der Waals surface area contributed by atoms with Crippen LogP contribution in [0.15, 0.2) is 48.5 Å². The van der Waals surface area contributed by atoms with E-state index in [1.54, 1.807) is 17.0 Å². The highest BCUT2D eigenvalue weighted by molar-refractivity contribution is 6.30. The minimum absolute atomic E-state index is 0.0336. The molecule has 5 heteroatoms. The van der Waals surface area contributed by atoms with Crippen LogP contribution in [0.3, 0.4) is 0 Å². The third-order valence-electron chi connectivity index (χ3n) is 4.08. The molecule has 0 aromatic heterocycles. The molecule has 0 atom stereocenters. The van der Waals surface area contributed by atoms with Crippen LogP contribution in [0.4, 0.5) is 0 Å². The molecule has 1 N–H and O–H groups in total. The fraction of sp³-hybridized carbons (Fsp3) is 0.300. The number of hydrogen-bond donors (Lipinski definition) is 1. The summed E-state index contributed by atoms with van der Waals surface area (Å²) in [4.78, 5) is 25.6. The Balaban J connectivity index is 1.83. The molecule has 132 valence electrons. The van der Waals surface area contributed by atoms with Gasteiger partial charge < -0.3 is 10.2 Å². The van der Waals surface area contributed by atoms with E-state index in [1.807, 2.05) is 43.3 Å². The first-order valence-electron chi connectivity index (χ1n) is 8.27. The molecule has 0 fully saturated rings. The number of rotatable bonds is 7. The van der Waals surface area contributed by atoms with Gasteiger partial charge in [-0.1, -0.05) is 48.0 Å². The lowest BCUT2D eigenvalue weighted by Crippen LogP contribution is -2.33. The summed E-state index contributed by atoms with van der Waals surface area (Å²) >= 11 is 5.84. The van der Waals surface area contributed by atoms with Crippen LogP contribution in [-0.2, 0) is 22.7 Å². The lowest BCUT2D eigenvalue weighted by molar-refractivity contribution is -0.130. The van der Waals surface area contributed by atoms with E-state index in [-0.39, 0.29) is 18.2 Å². The molecule has 0 saturated carbocycles. The largest absolute Gasteiger partial charge is 0.352 e. The molecule has 0 saturated heterocycles. The van der Waals surface area contributed by atoms with Crippen LogP contribution >= 0.6 is 11.6 Å². The molecule has 0 bridgehead atoms. The Morgan fingerprint density at radius 3 is 2.40 bits per heavy atom. The van der Waals surface area contributed by atoms with Gasteiger partial charge in [0.15, 0.2) is 0 Å². The number of nitrogens with one attached hydrogen (secondary N) is 1. The predicted molar refractivity (Wildman–Crippen MR) is 100 cm³/mol. The van der Waals surface area contributed by atoms with Gasteiger partial charge in [-0.05, 0) is 35.7 Å². The third kappa shape index (κ3) is 6.24. The van der Waals surface area contributed by atoms with Crippen LogP contribution in [0.2, 0.25) is 5.02 Å². The molecule has 0 aliphatic carbocycles. The molecule has 2 aromatic rings. The van der Waals surface area contributed by atoms with Gasteiger partial charge in [-0.2, -0.15) is 0 Å². The Hall–Kier alpha value is -2.33. The fourth-order valence-electron chi connectivity index (χ4n) is 2.47. The first-order chi connectivity index (χ1) is 12.0. The average Bonchev–Trinajstić information content (AvgIpc) is 2.59. The summed E-state index contributed by atoms with van der Waals surface area (Å²) in [7, 11) is 0. The fourth-order valence-corrected chi connectivity index (χ4v) is 2.59. The number of carbonyl (C=O) groups is 2. The van der Waals surface area contributed by atoms with Crippen LogP contribution in [0.25, 0.3) is 0 Å². The predicted octanol–water partition coefficient (Wildman–Crippen LogP) is 3.70. The minimum atomic E-state index is -0.0778. The second-order valence-electron chi connectivity index (χ2n) is 6.02. The number of aryl methyl sites for hydroxylation is 1. The van der Waals surface area contributed by atoms with Crippen molar-refractivity contribution in [2.45, 2.75) is 33.4 Å². The van der Waals surface area contributed by atoms with Gasteiger partial charge >= 0.3 is 0 Å². The van der Waals surface area contributed by atoms with E-state index >= 15 is 0 Å². The molecule has 2 rings (SSSR count). The summed E-state index contributed by atoms with van der Waals surface area (Å²) in [5, 5.41) is 3.54. The smallest absolute Gasteiger partial charge is 0.222 e. The zero-order valence-corrected chi connectivity index (χ0v) is 15.3. The first-order valence-corrected chi connectivity index (χ1v) is 8.64. The molecule has 4 nitrogen and oxygen atoms in total. The summed E-state index contributed by atoms with van der Waals surface area (Å²) in [6.45, 7) is 4.92. The summed E-state index contributed by atoms with van der Waals surface area (Å²) in [5.41, 5.74) is 3.22. The van der Waals surface area contributed by atoms with E-state index in [4.69, 9.17) is 11.6 Å². The van der Waals surface area contributed by atoms with Crippen molar-refractivity contribution in [3.05, 3.63) is 70.2 Å². The van der Waals surface area contributed by atoms with E-state index in [0.29, 0.717) is 24.7 Å². The molecule has 0 unspecified atom stereocenters. The molecular weight excluding hydrogens is 336 g/mol. The zero-order chi connectivity index (χ0) is 18.2. The summed E-state index contributed by atoms with van der Waals surface area (Å²) in [6, 6.07) is 15.3. The standard InChI is InChI=1S/C20H23ClN2O2/c1-15-5-3-4-6-18(15)14-23(16(2)24)12-11-20(25)22-13-17-7-9-19(21)10-8-17/h3-10H,11-14H2,1-2H3,(H,22,25). The number of nitrogens with zero attached hydrogens (tertiary/aromatic N) is 1. The van der Waals surface area contributed by atoms with E-state index in [2.05, 4.69) is 5.32 Å². The maximum atomic E-state index is 12.1. The van der Waals surface area contributed by atoms with Crippen LogP contribution in [0, 0.1) is 6.92 Å². The maximum absolute atomic E-state index is 12.1.